The number of morpholine rings is 1. The van der Waals surface area contributed by atoms with E-state index in [2.05, 4.69) is 15.3 Å². The maximum absolute atomic E-state index is 12.0. The Morgan fingerprint density at radius 3 is 2.86 bits per heavy atom. The molecule has 1 aromatic heterocycles. The summed E-state index contributed by atoms with van der Waals surface area (Å²) < 4.78 is 6.65. The fourth-order valence-electron chi connectivity index (χ4n) is 2.28. The lowest BCUT2D eigenvalue weighted by Crippen LogP contribution is -2.38. The third-order valence-corrected chi connectivity index (χ3v) is 3.52. The number of aryl methyl sites for hydroxylation is 1. The number of hydrogen-bond donors (Lipinski definition) is 1. The highest BCUT2D eigenvalue weighted by Gasteiger charge is 2.25. The monoisotopic (exact) mass is 311 g/mol. The van der Waals surface area contributed by atoms with E-state index in [0.717, 1.165) is 39.3 Å². The molecular weight excluding hydrogens is 290 g/mol. The quantitative estimate of drug-likeness (QED) is 0.440. The number of carbonyl (C=O) groups excluding carboxylic acids is 1. The molecule has 122 valence electrons. The molecule has 1 N–H and O–H groups in total. The molecule has 9 heteroatoms. The maximum atomic E-state index is 12.0. The predicted octanol–water partition coefficient (Wildman–Crippen LogP) is 0.263. The van der Waals surface area contributed by atoms with Crippen molar-refractivity contribution in [3.8, 4) is 0 Å². The predicted molar refractivity (Wildman–Crippen MR) is 78.8 cm³/mol. The molecule has 9 nitrogen and oxygen atoms in total. The zero-order valence-electron chi connectivity index (χ0n) is 12.7. The first-order chi connectivity index (χ1) is 10.6. The van der Waals surface area contributed by atoms with E-state index in [-0.39, 0.29) is 11.4 Å². The first-order valence-electron chi connectivity index (χ1n) is 7.42. The fourth-order valence-corrected chi connectivity index (χ4v) is 2.28. The Balaban J connectivity index is 1.81. The van der Waals surface area contributed by atoms with Gasteiger partial charge >= 0.3 is 5.69 Å². The molecule has 0 bridgehead atoms. The van der Waals surface area contributed by atoms with Crippen LogP contribution < -0.4 is 5.32 Å². The number of hydrogen-bond acceptors (Lipinski definition) is 6. The third kappa shape index (κ3) is 4.25. The summed E-state index contributed by atoms with van der Waals surface area (Å²) in [5, 5.41) is 17.6. The smallest absolute Gasteiger partial charge is 0.320 e. The maximum Gasteiger partial charge on any atom is 0.320 e. The average molecular weight is 311 g/mol. The van der Waals surface area contributed by atoms with Crippen LogP contribution in [0.1, 0.15) is 23.8 Å². The second-order valence-electron chi connectivity index (χ2n) is 5.04. The average Bonchev–Trinajstić information content (AvgIpc) is 2.97. The minimum atomic E-state index is -0.582. The summed E-state index contributed by atoms with van der Waals surface area (Å²) in [6.07, 6.45) is 2.07. The summed E-state index contributed by atoms with van der Waals surface area (Å²) in [6.45, 7) is 6.91. The number of nitrogens with one attached hydrogen (secondary N) is 1. The SMILES string of the molecule is CCn1cc([N+](=O)[O-])c(C(=O)NCCCN2CCOCC2)n1. The van der Waals surface area contributed by atoms with Gasteiger partial charge < -0.3 is 10.1 Å². The molecule has 0 aliphatic carbocycles. The van der Waals surface area contributed by atoms with Gasteiger partial charge in [0, 0.05) is 26.2 Å². The molecule has 1 aromatic rings. The van der Waals surface area contributed by atoms with Gasteiger partial charge in [0.2, 0.25) is 5.69 Å². The number of carbonyl (C=O) groups is 1. The van der Waals surface area contributed by atoms with E-state index < -0.39 is 10.8 Å². The summed E-state index contributed by atoms with van der Waals surface area (Å²) in [4.78, 5) is 24.7. The van der Waals surface area contributed by atoms with Gasteiger partial charge in [0.05, 0.1) is 18.1 Å². The van der Waals surface area contributed by atoms with Gasteiger partial charge in [-0.25, -0.2) is 0 Å². The zero-order valence-corrected chi connectivity index (χ0v) is 12.7. The van der Waals surface area contributed by atoms with Crippen molar-refractivity contribution in [3.05, 3.63) is 22.0 Å². The first kappa shape index (κ1) is 16.4. The number of rotatable bonds is 7. The minimum absolute atomic E-state index is 0.127. The third-order valence-electron chi connectivity index (χ3n) is 3.52. The van der Waals surface area contributed by atoms with E-state index in [4.69, 9.17) is 4.74 Å². The highest BCUT2D eigenvalue weighted by molar-refractivity contribution is 5.95. The van der Waals surface area contributed by atoms with E-state index in [1.165, 1.54) is 10.9 Å². The van der Waals surface area contributed by atoms with Crippen molar-refractivity contribution in [2.75, 3.05) is 39.4 Å². The molecule has 0 saturated carbocycles. The number of amides is 1. The Bertz CT molecular complexity index is 525. The van der Waals surface area contributed by atoms with Gasteiger partial charge in [-0.3, -0.25) is 24.5 Å². The normalized spacial score (nSPS) is 15.7. The van der Waals surface area contributed by atoms with E-state index in [9.17, 15) is 14.9 Å². The lowest BCUT2D eigenvalue weighted by Gasteiger charge is -2.26. The van der Waals surface area contributed by atoms with Gasteiger partial charge in [-0.15, -0.1) is 0 Å². The highest BCUT2D eigenvalue weighted by atomic mass is 16.6. The number of ether oxygens (including phenoxy) is 1. The lowest BCUT2D eigenvalue weighted by molar-refractivity contribution is -0.385. The molecule has 1 saturated heterocycles. The molecule has 0 radical (unpaired) electrons. The first-order valence-corrected chi connectivity index (χ1v) is 7.42. The van der Waals surface area contributed by atoms with Crippen LogP contribution in [-0.2, 0) is 11.3 Å². The summed E-state index contributed by atoms with van der Waals surface area (Å²) in [5.74, 6) is -0.499. The van der Waals surface area contributed by atoms with Crippen molar-refractivity contribution in [2.24, 2.45) is 0 Å². The summed E-state index contributed by atoms with van der Waals surface area (Å²) in [6, 6.07) is 0. The molecule has 1 aliphatic heterocycles. The summed E-state index contributed by atoms with van der Waals surface area (Å²) in [5.41, 5.74) is -0.384. The Labute approximate surface area is 128 Å². The molecule has 0 atom stereocenters. The highest BCUT2D eigenvalue weighted by Crippen LogP contribution is 2.16. The van der Waals surface area contributed by atoms with Crippen molar-refractivity contribution in [3.63, 3.8) is 0 Å². The van der Waals surface area contributed by atoms with Crippen LogP contribution >= 0.6 is 0 Å². The van der Waals surface area contributed by atoms with Crippen LogP contribution in [0.5, 0.6) is 0 Å². The number of nitro groups is 1. The van der Waals surface area contributed by atoms with Crippen molar-refractivity contribution in [1.82, 2.24) is 20.0 Å². The molecule has 22 heavy (non-hydrogen) atoms. The van der Waals surface area contributed by atoms with Gasteiger partial charge in [0.15, 0.2) is 0 Å². The van der Waals surface area contributed by atoms with Crippen molar-refractivity contribution in [1.29, 1.82) is 0 Å². The number of nitrogens with zero attached hydrogens (tertiary/aromatic N) is 4. The second kappa shape index (κ2) is 7.85. The number of aromatic nitrogens is 2. The Morgan fingerprint density at radius 1 is 1.50 bits per heavy atom. The van der Waals surface area contributed by atoms with Crippen LogP contribution in [0.2, 0.25) is 0 Å². The molecular formula is C13H21N5O4. The summed E-state index contributed by atoms with van der Waals surface area (Å²) in [7, 11) is 0. The van der Waals surface area contributed by atoms with E-state index in [1.54, 1.807) is 6.92 Å². The Hall–Kier alpha value is -2.00. The van der Waals surface area contributed by atoms with Crippen molar-refractivity contribution in [2.45, 2.75) is 19.9 Å². The molecule has 1 aliphatic rings. The molecule has 2 heterocycles. The van der Waals surface area contributed by atoms with E-state index in [1.807, 2.05) is 0 Å². The molecule has 1 fully saturated rings. The van der Waals surface area contributed by atoms with Crippen LogP contribution in [0, 0.1) is 10.1 Å². The van der Waals surface area contributed by atoms with Crippen LogP contribution in [0.4, 0.5) is 5.69 Å². The van der Waals surface area contributed by atoms with Crippen molar-refractivity contribution < 1.29 is 14.5 Å². The van der Waals surface area contributed by atoms with Crippen LogP contribution in [0.25, 0.3) is 0 Å². The van der Waals surface area contributed by atoms with E-state index in [0.29, 0.717) is 13.1 Å². The van der Waals surface area contributed by atoms with Gasteiger partial charge in [0.25, 0.3) is 5.91 Å². The molecule has 0 unspecified atom stereocenters. The topological polar surface area (TPSA) is 103 Å². The fraction of sp³-hybridized carbons (Fsp3) is 0.692. The lowest BCUT2D eigenvalue weighted by atomic mass is 10.3. The standard InChI is InChI=1S/C13H21N5O4/c1-2-17-10-11(18(20)21)12(15-17)13(19)14-4-3-5-16-6-8-22-9-7-16/h10H,2-9H2,1H3,(H,14,19). The largest absolute Gasteiger partial charge is 0.379 e. The van der Waals surface area contributed by atoms with Crippen LogP contribution in [0.3, 0.4) is 0 Å². The van der Waals surface area contributed by atoms with Crippen LogP contribution in [-0.4, -0.2) is 64.9 Å². The van der Waals surface area contributed by atoms with Crippen molar-refractivity contribution >= 4 is 11.6 Å². The van der Waals surface area contributed by atoms with Crippen LogP contribution in [0.15, 0.2) is 6.20 Å². The van der Waals surface area contributed by atoms with Gasteiger partial charge in [-0.05, 0) is 19.9 Å². The second-order valence-corrected chi connectivity index (χ2v) is 5.04. The molecule has 0 spiro atoms. The Morgan fingerprint density at radius 2 is 2.23 bits per heavy atom. The van der Waals surface area contributed by atoms with Gasteiger partial charge in [-0.1, -0.05) is 0 Å². The zero-order chi connectivity index (χ0) is 15.9. The molecule has 0 aromatic carbocycles. The minimum Gasteiger partial charge on any atom is -0.379 e. The summed E-state index contributed by atoms with van der Waals surface area (Å²) >= 11 is 0. The molecule has 1 amide bonds. The Kier molecular flexibility index (Phi) is 5.84. The van der Waals surface area contributed by atoms with Gasteiger partial charge in [0.1, 0.15) is 6.20 Å². The van der Waals surface area contributed by atoms with Gasteiger partial charge in [-0.2, -0.15) is 5.10 Å². The van der Waals surface area contributed by atoms with E-state index >= 15 is 0 Å². The molecule has 2 rings (SSSR count).